The number of nitrogens with one attached hydrogen (secondary N) is 1. The number of hydrogen-bond donors (Lipinski definition) is 1. The molecule has 2 amide bonds. The summed E-state index contributed by atoms with van der Waals surface area (Å²) in [5.41, 5.74) is 2.50. The van der Waals surface area contributed by atoms with Crippen molar-refractivity contribution < 1.29 is 14.0 Å². The normalized spacial score (nSPS) is 16.5. The fourth-order valence-electron chi connectivity index (χ4n) is 3.82. The third kappa shape index (κ3) is 5.66. The molecule has 1 N–H and O–H groups in total. The number of likely N-dealkylation sites (tertiary alicyclic amines) is 1. The molecule has 30 heavy (non-hydrogen) atoms. The molecule has 1 atom stereocenters. The number of likely N-dealkylation sites (N-methyl/N-ethyl adjacent to an activating group) is 1. The van der Waals surface area contributed by atoms with Crippen LogP contribution in [0.1, 0.15) is 26.7 Å². The topological polar surface area (TPSA) is 52.7 Å². The van der Waals surface area contributed by atoms with E-state index in [0.29, 0.717) is 25.3 Å². The Balaban J connectivity index is 1.62. The van der Waals surface area contributed by atoms with Crippen LogP contribution in [-0.4, -0.2) is 54.3 Å². The molecule has 5 nitrogen and oxygen atoms in total. The summed E-state index contributed by atoms with van der Waals surface area (Å²) < 4.78 is 13.2. The van der Waals surface area contributed by atoms with Gasteiger partial charge < -0.3 is 10.2 Å². The number of amides is 2. The molecule has 1 aliphatic rings. The Bertz CT molecular complexity index is 865. The second-order valence-corrected chi connectivity index (χ2v) is 7.72. The van der Waals surface area contributed by atoms with Gasteiger partial charge in [-0.2, -0.15) is 0 Å². The van der Waals surface area contributed by atoms with Crippen LogP contribution in [0.2, 0.25) is 0 Å². The molecule has 1 saturated heterocycles. The predicted molar refractivity (Wildman–Crippen MR) is 118 cm³/mol. The lowest BCUT2D eigenvalue weighted by Crippen LogP contribution is -2.47. The Morgan fingerprint density at radius 1 is 1.10 bits per heavy atom. The zero-order valence-corrected chi connectivity index (χ0v) is 17.7. The van der Waals surface area contributed by atoms with Crippen LogP contribution in [0, 0.1) is 11.7 Å². The third-order valence-electron chi connectivity index (χ3n) is 5.71. The van der Waals surface area contributed by atoms with E-state index in [0.717, 1.165) is 37.1 Å². The Kier molecular flexibility index (Phi) is 7.57. The number of nitrogens with zero attached hydrogens (tertiary/aromatic N) is 2. The van der Waals surface area contributed by atoms with Crippen molar-refractivity contribution in [2.45, 2.75) is 26.7 Å². The van der Waals surface area contributed by atoms with E-state index < -0.39 is 0 Å². The van der Waals surface area contributed by atoms with E-state index in [1.165, 1.54) is 12.1 Å². The van der Waals surface area contributed by atoms with E-state index in [2.05, 4.69) is 10.2 Å². The quantitative estimate of drug-likeness (QED) is 0.749. The van der Waals surface area contributed by atoms with Gasteiger partial charge in [0.25, 0.3) is 0 Å². The van der Waals surface area contributed by atoms with E-state index >= 15 is 0 Å². The van der Waals surface area contributed by atoms with Crippen molar-refractivity contribution in [3.05, 3.63) is 54.3 Å². The number of carbonyl (C=O) groups is 2. The first-order valence-corrected chi connectivity index (χ1v) is 10.7. The molecule has 1 fully saturated rings. The molecule has 2 aromatic rings. The summed E-state index contributed by atoms with van der Waals surface area (Å²) in [6.45, 7) is 7.34. The highest BCUT2D eigenvalue weighted by Crippen LogP contribution is 2.24. The zero-order valence-electron chi connectivity index (χ0n) is 17.7. The number of halogens is 1. The van der Waals surface area contributed by atoms with E-state index in [-0.39, 0.29) is 23.5 Å². The second-order valence-electron chi connectivity index (χ2n) is 7.72. The Labute approximate surface area is 177 Å². The molecule has 0 saturated carbocycles. The van der Waals surface area contributed by atoms with Crippen LogP contribution in [0.5, 0.6) is 0 Å². The second kappa shape index (κ2) is 10.3. The lowest BCUT2D eigenvalue weighted by Gasteiger charge is -2.33. The maximum atomic E-state index is 13.2. The van der Waals surface area contributed by atoms with E-state index in [9.17, 15) is 14.0 Å². The van der Waals surface area contributed by atoms with Crippen LogP contribution < -0.4 is 5.32 Å². The Morgan fingerprint density at radius 2 is 1.83 bits per heavy atom. The van der Waals surface area contributed by atoms with Crippen molar-refractivity contribution >= 4 is 17.5 Å². The number of anilines is 1. The van der Waals surface area contributed by atoms with Crippen LogP contribution >= 0.6 is 0 Å². The van der Waals surface area contributed by atoms with Crippen LogP contribution in [0.3, 0.4) is 0 Å². The number of benzene rings is 2. The number of carbonyl (C=O) groups excluding carboxylic acids is 2. The third-order valence-corrected chi connectivity index (χ3v) is 5.71. The van der Waals surface area contributed by atoms with Gasteiger partial charge in [-0.15, -0.1) is 0 Å². The maximum Gasteiger partial charge on any atom is 0.236 e. The molecule has 0 aliphatic carbocycles. The van der Waals surface area contributed by atoms with Gasteiger partial charge in [0.05, 0.1) is 12.5 Å². The molecule has 0 unspecified atom stereocenters. The molecule has 160 valence electrons. The highest BCUT2D eigenvalue weighted by atomic mass is 19.1. The van der Waals surface area contributed by atoms with Crippen LogP contribution in [0.25, 0.3) is 11.1 Å². The molecular weight excluding hydrogens is 381 g/mol. The minimum Gasteiger partial charge on any atom is -0.341 e. The molecule has 0 spiro atoms. The molecule has 0 bridgehead atoms. The van der Waals surface area contributed by atoms with Gasteiger partial charge in [0, 0.05) is 18.8 Å². The van der Waals surface area contributed by atoms with Crippen molar-refractivity contribution in [3.63, 3.8) is 0 Å². The monoisotopic (exact) mass is 411 g/mol. The Hall–Kier alpha value is -2.73. The summed E-state index contributed by atoms with van der Waals surface area (Å²) in [5, 5.41) is 2.99. The van der Waals surface area contributed by atoms with E-state index in [1.807, 2.05) is 43.0 Å². The van der Waals surface area contributed by atoms with E-state index in [4.69, 9.17) is 0 Å². The van der Waals surface area contributed by atoms with Crippen molar-refractivity contribution in [1.82, 2.24) is 9.80 Å². The highest BCUT2D eigenvalue weighted by Gasteiger charge is 2.28. The van der Waals surface area contributed by atoms with Gasteiger partial charge in [0.15, 0.2) is 0 Å². The SMILES string of the molecule is CCN(CC)CC(=O)N1CCC[C@@H](C(=O)Nc2cccc(-c3ccc(F)cc3)c2)C1. The van der Waals surface area contributed by atoms with Crippen LogP contribution in [-0.2, 0) is 9.59 Å². The number of hydrogen-bond acceptors (Lipinski definition) is 3. The molecule has 0 radical (unpaired) electrons. The Morgan fingerprint density at radius 3 is 2.53 bits per heavy atom. The molecule has 2 aromatic carbocycles. The van der Waals surface area contributed by atoms with Gasteiger partial charge in [-0.25, -0.2) is 4.39 Å². The lowest BCUT2D eigenvalue weighted by molar-refractivity contribution is -0.135. The predicted octanol–water partition coefficient (Wildman–Crippen LogP) is 4.01. The van der Waals surface area contributed by atoms with Gasteiger partial charge >= 0.3 is 0 Å². The van der Waals surface area contributed by atoms with Crippen molar-refractivity contribution in [2.24, 2.45) is 5.92 Å². The van der Waals surface area contributed by atoms with Crippen molar-refractivity contribution in [2.75, 3.05) is 38.0 Å². The van der Waals surface area contributed by atoms with Gasteiger partial charge in [0.1, 0.15) is 5.82 Å². The molecule has 3 rings (SSSR count). The zero-order chi connectivity index (χ0) is 21.5. The van der Waals surface area contributed by atoms with Gasteiger partial charge in [-0.05, 0) is 61.3 Å². The average molecular weight is 412 g/mol. The fraction of sp³-hybridized carbons (Fsp3) is 0.417. The number of rotatable bonds is 7. The minimum absolute atomic E-state index is 0.0633. The summed E-state index contributed by atoms with van der Waals surface area (Å²) in [6, 6.07) is 13.8. The van der Waals surface area contributed by atoms with Crippen molar-refractivity contribution in [1.29, 1.82) is 0 Å². The van der Waals surface area contributed by atoms with E-state index in [1.54, 1.807) is 12.1 Å². The van der Waals surface area contributed by atoms with Gasteiger partial charge in [-0.1, -0.05) is 38.1 Å². The van der Waals surface area contributed by atoms with Crippen LogP contribution in [0.4, 0.5) is 10.1 Å². The van der Waals surface area contributed by atoms with Crippen molar-refractivity contribution in [3.8, 4) is 11.1 Å². The fourth-order valence-corrected chi connectivity index (χ4v) is 3.82. The summed E-state index contributed by atoms with van der Waals surface area (Å²) in [7, 11) is 0. The molecule has 6 heteroatoms. The van der Waals surface area contributed by atoms with Gasteiger partial charge in [0.2, 0.25) is 11.8 Å². The average Bonchev–Trinajstić information content (AvgIpc) is 2.78. The largest absolute Gasteiger partial charge is 0.341 e. The van der Waals surface area contributed by atoms with Gasteiger partial charge in [-0.3, -0.25) is 14.5 Å². The first-order valence-electron chi connectivity index (χ1n) is 10.7. The summed E-state index contributed by atoms with van der Waals surface area (Å²) >= 11 is 0. The molecular formula is C24H30FN3O2. The maximum absolute atomic E-state index is 13.2. The summed E-state index contributed by atoms with van der Waals surface area (Å²) in [5.74, 6) is -0.462. The minimum atomic E-state index is -0.277. The smallest absolute Gasteiger partial charge is 0.236 e. The molecule has 0 aromatic heterocycles. The molecule has 1 aliphatic heterocycles. The molecule has 1 heterocycles. The summed E-state index contributed by atoms with van der Waals surface area (Å²) in [6.07, 6.45) is 1.61. The summed E-state index contributed by atoms with van der Waals surface area (Å²) in [4.78, 5) is 29.4. The first-order chi connectivity index (χ1) is 14.5. The van der Waals surface area contributed by atoms with Crippen LogP contribution in [0.15, 0.2) is 48.5 Å². The number of piperidine rings is 1. The highest BCUT2D eigenvalue weighted by molar-refractivity contribution is 5.94. The first kappa shape index (κ1) is 22.0. The lowest BCUT2D eigenvalue weighted by atomic mass is 9.96. The standard InChI is InChI=1S/C24H30FN3O2/c1-3-27(4-2)17-23(29)28-14-6-8-20(16-28)24(30)26-22-9-5-7-19(15-22)18-10-12-21(25)13-11-18/h5,7,9-13,15,20H,3-4,6,8,14,16-17H2,1-2H3,(H,26,30)/t20-/m1/s1.